The third-order valence-corrected chi connectivity index (χ3v) is 3.58. The molecule has 0 saturated carbocycles. The van der Waals surface area contributed by atoms with E-state index < -0.39 is 6.03 Å². The van der Waals surface area contributed by atoms with Gasteiger partial charge in [0.25, 0.3) is 0 Å². The molecule has 0 fully saturated rings. The van der Waals surface area contributed by atoms with E-state index in [4.69, 9.17) is 14.6 Å². The van der Waals surface area contributed by atoms with Crippen LogP contribution in [0.1, 0.15) is 6.92 Å². The van der Waals surface area contributed by atoms with E-state index in [0.717, 1.165) is 0 Å². The number of aromatic nitrogens is 2. The van der Waals surface area contributed by atoms with Crippen molar-refractivity contribution in [2.45, 2.75) is 13.0 Å². The zero-order chi connectivity index (χ0) is 19.6. The van der Waals surface area contributed by atoms with E-state index in [0.29, 0.717) is 29.8 Å². The molecule has 0 spiro atoms. The summed E-state index contributed by atoms with van der Waals surface area (Å²) in [6.45, 7) is 2.40. The maximum absolute atomic E-state index is 12.7. The molecule has 0 aliphatic rings. The first-order chi connectivity index (χ1) is 13.1. The van der Waals surface area contributed by atoms with Gasteiger partial charge in [-0.2, -0.15) is 4.98 Å². The molecule has 2 rings (SSSR count). The van der Waals surface area contributed by atoms with Gasteiger partial charge in [-0.1, -0.05) is 0 Å². The number of ether oxygens (including phenoxy) is 2. The van der Waals surface area contributed by atoms with Gasteiger partial charge in [0.05, 0.1) is 26.0 Å². The highest BCUT2D eigenvalue weighted by molar-refractivity contribution is 5.98. The Labute approximate surface area is 158 Å². The number of amides is 2. The van der Waals surface area contributed by atoms with Crippen LogP contribution >= 0.6 is 0 Å². The number of carbonyl (C=O) groups excluding carboxylic acids is 1. The highest BCUT2D eigenvalue weighted by Crippen LogP contribution is 2.26. The molecule has 1 unspecified atom stereocenters. The molecular weight excluding hydrogens is 350 g/mol. The van der Waals surface area contributed by atoms with Crippen molar-refractivity contribution in [3.8, 4) is 5.75 Å². The Morgan fingerprint density at radius 2 is 2.00 bits per heavy atom. The molecule has 27 heavy (non-hydrogen) atoms. The molecule has 1 heterocycles. The van der Waals surface area contributed by atoms with E-state index in [2.05, 4.69) is 20.6 Å². The maximum atomic E-state index is 12.7. The molecule has 2 aromatic rings. The number of aliphatic hydroxyl groups excluding tert-OH is 1. The summed E-state index contributed by atoms with van der Waals surface area (Å²) in [6.07, 6.45) is 1.57. The summed E-state index contributed by atoms with van der Waals surface area (Å²) < 4.78 is 10.3. The van der Waals surface area contributed by atoms with Crippen molar-refractivity contribution in [1.82, 2.24) is 15.3 Å². The zero-order valence-corrected chi connectivity index (χ0v) is 15.7. The third-order valence-electron chi connectivity index (χ3n) is 3.58. The van der Waals surface area contributed by atoms with Crippen molar-refractivity contribution in [2.75, 3.05) is 44.2 Å². The van der Waals surface area contributed by atoms with Crippen LogP contribution in [0.3, 0.4) is 0 Å². The number of urea groups is 1. The number of benzene rings is 1. The van der Waals surface area contributed by atoms with E-state index in [1.54, 1.807) is 50.7 Å². The van der Waals surface area contributed by atoms with Crippen LogP contribution in [0.4, 0.5) is 22.2 Å². The Hall–Kier alpha value is -2.91. The second-order valence-corrected chi connectivity index (χ2v) is 5.73. The van der Waals surface area contributed by atoms with E-state index >= 15 is 0 Å². The first-order valence-electron chi connectivity index (χ1n) is 8.50. The lowest BCUT2D eigenvalue weighted by atomic mass is 10.2. The fourth-order valence-electron chi connectivity index (χ4n) is 2.38. The first kappa shape index (κ1) is 20.4. The lowest BCUT2D eigenvalue weighted by Crippen LogP contribution is -2.38. The van der Waals surface area contributed by atoms with Gasteiger partial charge in [-0.05, 0) is 31.2 Å². The minimum atomic E-state index is -0.413. The Morgan fingerprint density at radius 1 is 1.26 bits per heavy atom. The van der Waals surface area contributed by atoms with Gasteiger partial charge in [0.1, 0.15) is 11.6 Å². The molecule has 9 heteroatoms. The number of aliphatic hydroxyl groups is 1. The van der Waals surface area contributed by atoms with Gasteiger partial charge in [0.2, 0.25) is 5.95 Å². The van der Waals surface area contributed by atoms with E-state index in [-0.39, 0.29) is 19.2 Å². The largest absolute Gasteiger partial charge is 0.497 e. The number of carbonyl (C=O) groups is 1. The smallest absolute Gasteiger partial charge is 0.327 e. The summed E-state index contributed by atoms with van der Waals surface area (Å²) in [7, 11) is 3.19. The Morgan fingerprint density at radius 3 is 2.63 bits per heavy atom. The molecule has 1 aromatic heterocycles. The first-order valence-corrected chi connectivity index (χ1v) is 8.50. The van der Waals surface area contributed by atoms with Crippen LogP contribution in [0.5, 0.6) is 5.75 Å². The normalized spacial score (nSPS) is 11.6. The van der Waals surface area contributed by atoms with Crippen molar-refractivity contribution >= 4 is 23.5 Å². The Bertz CT molecular complexity index is 726. The second kappa shape index (κ2) is 10.3. The van der Waals surface area contributed by atoms with Gasteiger partial charge in [-0.15, -0.1) is 0 Å². The SMILES string of the molecule is COCC(C)Nc1nccc(N(C(=O)NCCO)c2ccc(OC)cc2)n1. The Balaban J connectivity index is 2.33. The van der Waals surface area contributed by atoms with Crippen LogP contribution in [0.25, 0.3) is 0 Å². The molecule has 3 N–H and O–H groups in total. The van der Waals surface area contributed by atoms with Crippen molar-refractivity contribution in [3.63, 3.8) is 0 Å². The topological polar surface area (TPSA) is 109 Å². The molecule has 1 aromatic carbocycles. The monoisotopic (exact) mass is 375 g/mol. The van der Waals surface area contributed by atoms with Crippen LogP contribution in [-0.2, 0) is 4.74 Å². The summed E-state index contributed by atoms with van der Waals surface area (Å²) in [5.74, 6) is 1.44. The van der Waals surface area contributed by atoms with Crippen LogP contribution in [0, 0.1) is 0 Å². The molecule has 0 bridgehead atoms. The number of hydrogen-bond donors (Lipinski definition) is 3. The van der Waals surface area contributed by atoms with E-state index in [1.165, 1.54) is 4.90 Å². The summed E-state index contributed by atoms with van der Waals surface area (Å²) >= 11 is 0. The lowest BCUT2D eigenvalue weighted by molar-refractivity contribution is 0.190. The molecule has 0 radical (unpaired) electrons. The van der Waals surface area contributed by atoms with Gasteiger partial charge in [-0.25, -0.2) is 14.7 Å². The van der Waals surface area contributed by atoms with Gasteiger partial charge in [0.15, 0.2) is 0 Å². The molecular formula is C18H25N5O4. The van der Waals surface area contributed by atoms with Gasteiger partial charge >= 0.3 is 6.03 Å². The van der Waals surface area contributed by atoms with Crippen molar-refractivity contribution in [2.24, 2.45) is 0 Å². The predicted molar refractivity (Wildman–Crippen MR) is 103 cm³/mol. The highest BCUT2D eigenvalue weighted by atomic mass is 16.5. The number of methoxy groups -OCH3 is 2. The number of nitrogens with one attached hydrogen (secondary N) is 2. The van der Waals surface area contributed by atoms with Crippen LogP contribution in [0.2, 0.25) is 0 Å². The van der Waals surface area contributed by atoms with Crippen LogP contribution in [0.15, 0.2) is 36.5 Å². The minimum Gasteiger partial charge on any atom is -0.497 e. The molecule has 0 aliphatic carbocycles. The molecule has 2 amide bonds. The fraction of sp³-hybridized carbons (Fsp3) is 0.389. The summed E-state index contributed by atoms with van der Waals surface area (Å²) in [5, 5.41) is 14.8. The third kappa shape index (κ3) is 5.80. The van der Waals surface area contributed by atoms with Gasteiger partial charge in [-0.3, -0.25) is 0 Å². The quantitative estimate of drug-likeness (QED) is 0.613. The van der Waals surface area contributed by atoms with Crippen LogP contribution < -0.4 is 20.3 Å². The average Bonchev–Trinajstić information content (AvgIpc) is 2.67. The summed E-state index contributed by atoms with van der Waals surface area (Å²) in [6, 6.07) is 8.23. The maximum Gasteiger partial charge on any atom is 0.327 e. The number of hydrogen-bond acceptors (Lipinski definition) is 7. The number of anilines is 3. The number of rotatable bonds is 9. The minimum absolute atomic E-state index is 0.00269. The van der Waals surface area contributed by atoms with Crippen LogP contribution in [-0.4, -0.2) is 61.1 Å². The van der Waals surface area contributed by atoms with Gasteiger partial charge in [0, 0.05) is 32.0 Å². The molecule has 9 nitrogen and oxygen atoms in total. The van der Waals surface area contributed by atoms with E-state index in [1.807, 2.05) is 6.92 Å². The molecule has 0 saturated heterocycles. The van der Waals surface area contributed by atoms with Gasteiger partial charge < -0.3 is 25.2 Å². The van der Waals surface area contributed by atoms with Crippen molar-refractivity contribution in [1.29, 1.82) is 0 Å². The fourth-order valence-corrected chi connectivity index (χ4v) is 2.38. The zero-order valence-electron chi connectivity index (χ0n) is 15.7. The molecule has 0 aliphatic heterocycles. The predicted octanol–water partition coefficient (Wildman–Crippen LogP) is 1.77. The molecule has 146 valence electrons. The van der Waals surface area contributed by atoms with E-state index in [9.17, 15) is 4.79 Å². The standard InChI is InChI=1S/C18H25N5O4/c1-13(12-26-2)21-17-19-9-8-16(22-17)23(18(25)20-10-11-24)14-4-6-15(27-3)7-5-14/h4-9,13,24H,10-12H2,1-3H3,(H,20,25)(H,19,21,22). The lowest BCUT2D eigenvalue weighted by Gasteiger charge is -2.23. The molecule has 1 atom stereocenters. The second-order valence-electron chi connectivity index (χ2n) is 5.73. The van der Waals surface area contributed by atoms with Crippen molar-refractivity contribution in [3.05, 3.63) is 36.5 Å². The average molecular weight is 375 g/mol. The highest BCUT2D eigenvalue weighted by Gasteiger charge is 2.20. The van der Waals surface area contributed by atoms with Crippen molar-refractivity contribution < 1.29 is 19.4 Å². The Kier molecular flexibility index (Phi) is 7.78. The number of nitrogens with zero attached hydrogens (tertiary/aromatic N) is 3. The summed E-state index contributed by atoms with van der Waals surface area (Å²) in [5.41, 5.74) is 0.598. The summed E-state index contributed by atoms with van der Waals surface area (Å²) in [4.78, 5) is 22.7.